The maximum absolute atomic E-state index is 13.6. The van der Waals surface area contributed by atoms with E-state index in [9.17, 15) is 4.79 Å². The Bertz CT molecular complexity index is 821. The van der Waals surface area contributed by atoms with Crippen LogP contribution in [0.4, 0.5) is 5.69 Å². The van der Waals surface area contributed by atoms with Crippen LogP contribution in [-0.2, 0) is 20.1 Å². The molecule has 0 unspecified atom stereocenters. The number of ether oxygens (including phenoxy) is 2. The van der Waals surface area contributed by atoms with Gasteiger partial charge in [0.1, 0.15) is 0 Å². The van der Waals surface area contributed by atoms with Gasteiger partial charge in [0.05, 0.1) is 32.0 Å². The molecule has 5 nitrogen and oxygen atoms in total. The summed E-state index contributed by atoms with van der Waals surface area (Å²) in [6.07, 6.45) is 10.8. The van der Waals surface area contributed by atoms with Gasteiger partial charge < -0.3 is 14.4 Å². The van der Waals surface area contributed by atoms with Gasteiger partial charge in [-0.15, -0.1) is 0 Å². The molecular weight excluding hydrogens is 352 g/mol. The van der Waals surface area contributed by atoms with E-state index in [4.69, 9.17) is 9.47 Å². The summed E-state index contributed by atoms with van der Waals surface area (Å²) in [7, 11) is 0. The highest BCUT2D eigenvalue weighted by molar-refractivity contribution is 6.05. The molecule has 3 fully saturated rings. The van der Waals surface area contributed by atoms with Crippen molar-refractivity contribution < 1.29 is 19.2 Å². The van der Waals surface area contributed by atoms with Crippen molar-refractivity contribution in [2.75, 3.05) is 37.9 Å². The molecule has 1 amide bonds. The first kappa shape index (κ1) is 17.2. The fourth-order valence-corrected chi connectivity index (χ4v) is 6.22. The lowest BCUT2D eigenvalue weighted by Crippen LogP contribution is -3.14. The molecule has 0 aromatic heterocycles. The monoisotopic (exact) mass is 381 g/mol. The molecule has 2 aliphatic carbocycles. The van der Waals surface area contributed by atoms with Crippen molar-refractivity contribution in [1.82, 2.24) is 0 Å². The van der Waals surface area contributed by atoms with Gasteiger partial charge in [0.15, 0.2) is 6.67 Å². The van der Waals surface area contributed by atoms with Gasteiger partial charge in [-0.05, 0) is 50.0 Å². The van der Waals surface area contributed by atoms with Gasteiger partial charge in [0, 0.05) is 11.0 Å². The Balaban J connectivity index is 1.29. The summed E-state index contributed by atoms with van der Waals surface area (Å²) in [4.78, 5) is 17.0. The maximum Gasteiger partial charge on any atom is 0.296 e. The molecule has 1 aromatic rings. The van der Waals surface area contributed by atoms with Crippen LogP contribution in [0.25, 0.3) is 0 Å². The number of para-hydroxylation sites is 1. The van der Waals surface area contributed by atoms with Crippen LogP contribution in [0.3, 0.4) is 0 Å². The molecule has 2 atom stereocenters. The number of hydrogen-bond donors (Lipinski definition) is 1. The zero-order valence-electron chi connectivity index (χ0n) is 16.4. The number of hydrogen-bond acceptors (Lipinski definition) is 3. The second kappa shape index (κ2) is 6.15. The maximum atomic E-state index is 13.6. The lowest BCUT2D eigenvalue weighted by molar-refractivity contribution is -0.903. The molecule has 0 radical (unpaired) electrons. The van der Waals surface area contributed by atoms with E-state index < -0.39 is 5.79 Å². The van der Waals surface area contributed by atoms with E-state index in [1.54, 1.807) is 0 Å². The Morgan fingerprint density at radius 2 is 1.86 bits per heavy atom. The first-order chi connectivity index (χ1) is 13.7. The predicted molar refractivity (Wildman–Crippen MR) is 105 cm³/mol. The fraction of sp³-hybridized carbons (Fsp3) is 0.609. The highest BCUT2D eigenvalue weighted by Crippen LogP contribution is 2.57. The highest BCUT2D eigenvalue weighted by atomic mass is 16.7. The van der Waals surface area contributed by atoms with Crippen molar-refractivity contribution in [2.24, 2.45) is 17.3 Å². The van der Waals surface area contributed by atoms with Gasteiger partial charge in [-0.25, -0.2) is 0 Å². The van der Waals surface area contributed by atoms with Gasteiger partial charge in [-0.1, -0.05) is 30.4 Å². The zero-order valence-corrected chi connectivity index (χ0v) is 16.4. The van der Waals surface area contributed by atoms with Gasteiger partial charge in [0.25, 0.3) is 11.7 Å². The van der Waals surface area contributed by atoms with Crippen molar-refractivity contribution in [1.29, 1.82) is 0 Å². The molecule has 3 aliphatic heterocycles. The van der Waals surface area contributed by atoms with Gasteiger partial charge in [-0.2, -0.15) is 0 Å². The molecular formula is C23H29N2O3+. The number of fused-ring (bicyclic) bond motifs is 5. The SMILES string of the molecule is O=C1N(C[NH+]2CCCCC2)c2ccccc2C12OCC1(CO2)C[C@@H]2C=C[C@H]1C2. The molecule has 2 spiro atoms. The summed E-state index contributed by atoms with van der Waals surface area (Å²) in [5.41, 5.74) is 1.92. The van der Waals surface area contributed by atoms with E-state index in [0.717, 1.165) is 30.8 Å². The smallest absolute Gasteiger partial charge is 0.296 e. The minimum absolute atomic E-state index is 0.0275. The predicted octanol–water partition coefficient (Wildman–Crippen LogP) is 1.84. The first-order valence-electron chi connectivity index (χ1n) is 10.9. The van der Waals surface area contributed by atoms with Gasteiger partial charge in [-0.3, -0.25) is 9.69 Å². The molecule has 1 saturated carbocycles. The number of carbonyl (C=O) groups is 1. The number of amides is 1. The number of nitrogens with zero attached hydrogens (tertiary/aromatic N) is 1. The molecule has 2 saturated heterocycles. The second-order valence-corrected chi connectivity index (χ2v) is 9.47. The van der Waals surface area contributed by atoms with Crippen LogP contribution < -0.4 is 9.80 Å². The number of rotatable bonds is 2. The Labute approximate surface area is 166 Å². The summed E-state index contributed by atoms with van der Waals surface area (Å²) in [5, 5.41) is 0. The molecule has 6 rings (SSSR count). The number of anilines is 1. The second-order valence-electron chi connectivity index (χ2n) is 9.47. The number of quaternary nitrogens is 1. The first-order valence-corrected chi connectivity index (χ1v) is 10.9. The fourth-order valence-electron chi connectivity index (χ4n) is 6.22. The van der Waals surface area contributed by atoms with Crippen LogP contribution in [-0.4, -0.2) is 38.9 Å². The van der Waals surface area contributed by atoms with E-state index in [2.05, 4.69) is 12.2 Å². The molecule has 148 valence electrons. The number of piperidine rings is 1. The van der Waals surface area contributed by atoms with E-state index in [1.165, 1.54) is 30.6 Å². The molecule has 1 aromatic carbocycles. The van der Waals surface area contributed by atoms with Crippen LogP contribution >= 0.6 is 0 Å². The van der Waals surface area contributed by atoms with Crippen molar-refractivity contribution in [3.05, 3.63) is 42.0 Å². The quantitative estimate of drug-likeness (QED) is 0.795. The lowest BCUT2D eigenvalue weighted by atomic mass is 9.76. The minimum atomic E-state index is -1.23. The van der Waals surface area contributed by atoms with E-state index in [-0.39, 0.29) is 11.3 Å². The number of likely N-dealkylation sites (tertiary alicyclic amines) is 1. The molecule has 3 heterocycles. The zero-order chi connectivity index (χ0) is 18.8. The highest BCUT2D eigenvalue weighted by Gasteiger charge is 2.61. The Kier molecular flexibility index (Phi) is 3.78. The summed E-state index contributed by atoms with van der Waals surface area (Å²) in [5.74, 6) is -0.0596. The van der Waals surface area contributed by atoms with Crippen molar-refractivity contribution >= 4 is 11.6 Å². The van der Waals surface area contributed by atoms with E-state index >= 15 is 0 Å². The topological polar surface area (TPSA) is 43.2 Å². The Hall–Kier alpha value is -1.69. The molecule has 5 aliphatic rings. The average molecular weight is 381 g/mol. The lowest BCUT2D eigenvalue weighted by Gasteiger charge is -2.45. The number of allylic oxidation sites excluding steroid dienone is 2. The van der Waals surface area contributed by atoms with Crippen molar-refractivity contribution in [2.45, 2.75) is 37.9 Å². The average Bonchev–Trinajstić information content (AvgIpc) is 3.40. The van der Waals surface area contributed by atoms with E-state index in [0.29, 0.717) is 31.7 Å². The van der Waals surface area contributed by atoms with Crippen LogP contribution in [0.15, 0.2) is 36.4 Å². The summed E-state index contributed by atoms with van der Waals surface area (Å²) in [6.45, 7) is 4.22. The Morgan fingerprint density at radius 1 is 1.07 bits per heavy atom. The molecule has 1 N–H and O–H groups in total. The van der Waals surface area contributed by atoms with Crippen molar-refractivity contribution in [3.8, 4) is 0 Å². The van der Waals surface area contributed by atoms with Crippen molar-refractivity contribution in [3.63, 3.8) is 0 Å². The Morgan fingerprint density at radius 3 is 2.57 bits per heavy atom. The van der Waals surface area contributed by atoms with E-state index in [1.807, 2.05) is 29.2 Å². The standard InChI is InChI=1S/C23H28N2O3/c26-21-23(27-14-22(15-28-23)13-17-8-9-18(22)12-17)19-6-2-3-7-20(19)25(21)16-24-10-4-1-5-11-24/h2-3,6-9,17-18H,1,4-5,10-16H2/p+1/t17-,18+,22?,23?/m1/s1. The third-order valence-corrected chi connectivity index (χ3v) is 7.77. The van der Waals surface area contributed by atoms with Gasteiger partial charge >= 0.3 is 0 Å². The molecule has 2 bridgehead atoms. The third kappa shape index (κ3) is 2.33. The summed E-state index contributed by atoms with van der Waals surface area (Å²) >= 11 is 0. The number of benzene rings is 1. The van der Waals surface area contributed by atoms with Crippen LogP contribution in [0.2, 0.25) is 0 Å². The number of carbonyl (C=O) groups excluding carboxylic acids is 1. The van der Waals surface area contributed by atoms with Gasteiger partial charge in [0.2, 0.25) is 0 Å². The van der Waals surface area contributed by atoms with Crippen LogP contribution in [0.5, 0.6) is 0 Å². The third-order valence-electron chi connectivity index (χ3n) is 7.77. The summed E-state index contributed by atoms with van der Waals surface area (Å²) < 4.78 is 12.8. The summed E-state index contributed by atoms with van der Waals surface area (Å²) in [6, 6.07) is 8.05. The number of nitrogens with one attached hydrogen (secondary N) is 1. The molecule has 28 heavy (non-hydrogen) atoms. The molecule has 5 heteroatoms. The van der Waals surface area contributed by atoms with Crippen LogP contribution in [0.1, 0.15) is 37.7 Å². The largest absolute Gasteiger partial charge is 0.338 e. The minimum Gasteiger partial charge on any atom is -0.338 e. The normalized spacial score (nSPS) is 39.4. The van der Waals surface area contributed by atoms with Crippen LogP contribution in [0, 0.1) is 17.3 Å².